The molecule has 116 valence electrons. The number of carbonyl (C=O) groups is 1. The molecule has 0 radical (unpaired) electrons. The lowest BCUT2D eigenvalue weighted by Gasteiger charge is -2.15. The van der Waals surface area contributed by atoms with E-state index in [1.165, 1.54) is 5.56 Å². The van der Waals surface area contributed by atoms with Crippen LogP contribution in [0.25, 0.3) is 10.9 Å². The summed E-state index contributed by atoms with van der Waals surface area (Å²) in [5, 5.41) is 13.7. The summed E-state index contributed by atoms with van der Waals surface area (Å²) < 4.78 is 0. The first-order valence-electron chi connectivity index (χ1n) is 7.58. The number of nitrogens with zero attached hydrogens (tertiary/aromatic N) is 1. The number of nitrogens with one attached hydrogen (secondary N) is 3. The molecule has 0 bridgehead atoms. The highest BCUT2D eigenvalue weighted by Gasteiger charge is 2.24. The second kappa shape index (κ2) is 5.31. The quantitative estimate of drug-likeness (QED) is 0.548. The lowest BCUT2D eigenvalue weighted by Crippen LogP contribution is -2.31. The van der Waals surface area contributed by atoms with Crippen LogP contribution in [-0.2, 0) is 6.42 Å². The summed E-state index contributed by atoms with van der Waals surface area (Å²) in [5.41, 5.74) is 10.6. The summed E-state index contributed by atoms with van der Waals surface area (Å²) in [6.07, 6.45) is 3.53. The maximum atomic E-state index is 12.3. The van der Waals surface area contributed by atoms with Crippen LogP contribution in [0, 0.1) is 0 Å². The summed E-state index contributed by atoms with van der Waals surface area (Å²) in [7, 11) is 0. The molecule has 0 spiro atoms. The van der Waals surface area contributed by atoms with Crippen molar-refractivity contribution in [2.24, 2.45) is 0 Å². The Balaban J connectivity index is 1.50. The Kier molecular flexibility index (Phi) is 3.15. The maximum absolute atomic E-state index is 12.3. The van der Waals surface area contributed by atoms with Gasteiger partial charge in [-0.05, 0) is 48.2 Å². The van der Waals surface area contributed by atoms with Crippen LogP contribution < -0.4 is 16.4 Å². The van der Waals surface area contributed by atoms with E-state index in [-0.39, 0.29) is 12.1 Å². The van der Waals surface area contributed by atoms with Crippen molar-refractivity contribution >= 4 is 28.3 Å². The van der Waals surface area contributed by atoms with E-state index in [1.807, 2.05) is 36.4 Å². The first-order valence-corrected chi connectivity index (χ1v) is 7.58. The van der Waals surface area contributed by atoms with Crippen molar-refractivity contribution in [2.45, 2.75) is 18.9 Å². The minimum Gasteiger partial charge on any atom is -0.399 e. The SMILES string of the molecule is Nc1ccc2c(c1)CCC2NC(=O)Nc1cccc2[nH]ncc12. The van der Waals surface area contributed by atoms with Crippen molar-refractivity contribution in [1.82, 2.24) is 15.5 Å². The predicted octanol–water partition coefficient (Wildman–Crippen LogP) is 2.95. The molecule has 3 aromatic rings. The zero-order chi connectivity index (χ0) is 15.8. The van der Waals surface area contributed by atoms with Gasteiger partial charge in [0, 0.05) is 11.1 Å². The van der Waals surface area contributed by atoms with Crippen molar-refractivity contribution in [3.05, 3.63) is 53.7 Å². The van der Waals surface area contributed by atoms with Gasteiger partial charge in [-0.3, -0.25) is 5.10 Å². The minimum absolute atomic E-state index is 0.0224. The Morgan fingerprint density at radius 1 is 1.30 bits per heavy atom. The van der Waals surface area contributed by atoms with Gasteiger partial charge < -0.3 is 16.4 Å². The number of nitrogen functional groups attached to an aromatic ring is 1. The van der Waals surface area contributed by atoms with E-state index in [0.29, 0.717) is 0 Å². The third-order valence-electron chi connectivity index (χ3n) is 4.28. The first-order chi connectivity index (χ1) is 11.2. The van der Waals surface area contributed by atoms with Crippen LogP contribution in [0.2, 0.25) is 0 Å². The Bertz CT molecular complexity index is 886. The fourth-order valence-corrected chi connectivity index (χ4v) is 3.18. The number of aromatic nitrogens is 2. The van der Waals surface area contributed by atoms with Crippen LogP contribution in [0.1, 0.15) is 23.6 Å². The molecule has 4 rings (SSSR count). The van der Waals surface area contributed by atoms with Gasteiger partial charge in [0.25, 0.3) is 0 Å². The smallest absolute Gasteiger partial charge is 0.319 e. The lowest BCUT2D eigenvalue weighted by atomic mass is 10.1. The molecule has 0 saturated heterocycles. The third kappa shape index (κ3) is 2.48. The zero-order valence-electron chi connectivity index (χ0n) is 12.5. The number of fused-ring (bicyclic) bond motifs is 2. The molecule has 0 fully saturated rings. The highest BCUT2D eigenvalue weighted by molar-refractivity contribution is 6.00. The molecule has 2 amide bonds. The fourth-order valence-electron chi connectivity index (χ4n) is 3.18. The lowest BCUT2D eigenvalue weighted by molar-refractivity contribution is 0.248. The molecule has 1 aromatic heterocycles. The van der Waals surface area contributed by atoms with Gasteiger partial charge in [0.05, 0.1) is 23.4 Å². The topological polar surface area (TPSA) is 95.8 Å². The molecule has 1 atom stereocenters. The Morgan fingerprint density at radius 2 is 2.22 bits per heavy atom. The van der Waals surface area contributed by atoms with Crippen LogP contribution in [-0.4, -0.2) is 16.2 Å². The second-order valence-electron chi connectivity index (χ2n) is 5.78. The molecular formula is C17H17N5O. The van der Waals surface area contributed by atoms with E-state index in [1.54, 1.807) is 6.20 Å². The summed E-state index contributed by atoms with van der Waals surface area (Å²) in [5.74, 6) is 0. The van der Waals surface area contributed by atoms with E-state index in [0.717, 1.165) is 40.7 Å². The van der Waals surface area contributed by atoms with Crippen LogP contribution in [0.5, 0.6) is 0 Å². The van der Waals surface area contributed by atoms with E-state index in [9.17, 15) is 4.79 Å². The molecular weight excluding hydrogens is 290 g/mol. The van der Waals surface area contributed by atoms with Gasteiger partial charge in [0.15, 0.2) is 0 Å². The number of benzene rings is 2. The van der Waals surface area contributed by atoms with Gasteiger partial charge in [0.1, 0.15) is 0 Å². The van der Waals surface area contributed by atoms with Crippen LogP contribution in [0.4, 0.5) is 16.2 Å². The number of urea groups is 1. The molecule has 0 aliphatic heterocycles. The summed E-state index contributed by atoms with van der Waals surface area (Å²) in [6.45, 7) is 0. The highest BCUT2D eigenvalue weighted by Crippen LogP contribution is 2.32. The standard InChI is InChI=1S/C17H17N5O/c18-11-5-6-12-10(8-11)4-7-15(12)21-17(23)20-14-2-1-3-16-13(14)9-19-22-16/h1-3,5-6,8-9,15H,4,7,18H2,(H,19,22)(H2,20,21,23). The molecule has 0 saturated carbocycles. The van der Waals surface area contributed by atoms with Crippen molar-refractivity contribution in [3.8, 4) is 0 Å². The molecule has 6 heteroatoms. The van der Waals surface area contributed by atoms with Crippen molar-refractivity contribution < 1.29 is 4.79 Å². The molecule has 1 aliphatic carbocycles. The number of carbonyl (C=O) groups excluding carboxylic acids is 1. The summed E-state index contributed by atoms with van der Waals surface area (Å²) in [6, 6.07) is 11.3. The number of aryl methyl sites for hydroxylation is 1. The first kappa shape index (κ1) is 13.6. The van der Waals surface area contributed by atoms with E-state index in [2.05, 4.69) is 20.8 Å². The van der Waals surface area contributed by atoms with Crippen LogP contribution >= 0.6 is 0 Å². The van der Waals surface area contributed by atoms with Crippen LogP contribution in [0.15, 0.2) is 42.6 Å². The van der Waals surface area contributed by atoms with E-state index < -0.39 is 0 Å². The van der Waals surface area contributed by atoms with Crippen molar-refractivity contribution in [3.63, 3.8) is 0 Å². The monoisotopic (exact) mass is 307 g/mol. The van der Waals surface area contributed by atoms with Crippen LogP contribution in [0.3, 0.4) is 0 Å². The molecule has 6 nitrogen and oxygen atoms in total. The molecule has 2 aromatic carbocycles. The number of aromatic amines is 1. The average Bonchev–Trinajstić information content (AvgIpc) is 3.15. The van der Waals surface area contributed by atoms with Gasteiger partial charge in [-0.2, -0.15) is 5.10 Å². The Morgan fingerprint density at radius 3 is 3.13 bits per heavy atom. The minimum atomic E-state index is -0.214. The van der Waals surface area contributed by atoms with Gasteiger partial charge in [-0.15, -0.1) is 0 Å². The largest absolute Gasteiger partial charge is 0.399 e. The number of amides is 2. The van der Waals surface area contributed by atoms with Crippen molar-refractivity contribution in [2.75, 3.05) is 11.1 Å². The molecule has 1 heterocycles. The number of hydrogen-bond donors (Lipinski definition) is 4. The molecule has 5 N–H and O–H groups in total. The second-order valence-corrected chi connectivity index (χ2v) is 5.78. The predicted molar refractivity (Wildman–Crippen MR) is 90.2 cm³/mol. The molecule has 23 heavy (non-hydrogen) atoms. The highest BCUT2D eigenvalue weighted by atomic mass is 16.2. The molecule has 1 aliphatic rings. The third-order valence-corrected chi connectivity index (χ3v) is 4.28. The number of H-pyrrole nitrogens is 1. The van der Waals surface area contributed by atoms with Crippen molar-refractivity contribution in [1.29, 1.82) is 0 Å². The molecule has 1 unspecified atom stereocenters. The number of rotatable bonds is 2. The van der Waals surface area contributed by atoms with E-state index in [4.69, 9.17) is 5.73 Å². The van der Waals surface area contributed by atoms with Gasteiger partial charge in [-0.1, -0.05) is 12.1 Å². The zero-order valence-corrected chi connectivity index (χ0v) is 12.5. The average molecular weight is 307 g/mol. The number of anilines is 2. The normalized spacial score (nSPS) is 16.3. The Labute approximate surface area is 133 Å². The summed E-state index contributed by atoms with van der Waals surface area (Å²) >= 11 is 0. The fraction of sp³-hybridized carbons (Fsp3) is 0.176. The Hall–Kier alpha value is -3.02. The maximum Gasteiger partial charge on any atom is 0.319 e. The summed E-state index contributed by atoms with van der Waals surface area (Å²) in [4.78, 5) is 12.3. The van der Waals surface area contributed by atoms with E-state index >= 15 is 0 Å². The number of nitrogens with two attached hydrogens (primary N) is 1. The van der Waals surface area contributed by atoms with Gasteiger partial charge in [0.2, 0.25) is 0 Å². The number of hydrogen-bond acceptors (Lipinski definition) is 3. The van der Waals surface area contributed by atoms with Gasteiger partial charge in [-0.25, -0.2) is 4.79 Å². The van der Waals surface area contributed by atoms with Gasteiger partial charge >= 0.3 is 6.03 Å².